The van der Waals surface area contributed by atoms with Crippen LogP contribution in [-0.4, -0.2) is 29.3 Å². The molecule has 0 saturated carbocycles. The maximum Gasteiger partial charge on any atom is 0.269 e. The van der Waals surface area contributed by atoms with Crippen molar-refractivity contribution in [1.82, 2.24) is 10.2 Å². The fraction of sp³-hybridized carbons (Fsp3) is 0.182. The molecule has 0 unspecified atom stereocenters. The molecule has 1 aromatic carbocycles. The smallest absolute Gasteiger partial charge is 0.269 e. The maximum absolute atomic E-state index is 11.9. The summed E-state index contributed by atoms with van der Waals surface area (Å²) < 4.78 is 23.7. The third-order valence-corrected chi connectivity index (χ3v) is 4.43. The predicted molar refractivity (Wildman–Crippen MR) is 68.4 cm³/mol. The van der Waals surface area contributed by atoms with Crippen molar-refractivity contribution in [3.8, 4) is 11.3 Å². The predicted octanol–water partition coefficient (Wildman–Crippen LogP) is 1.78. The zero-order chi connectivity index (χ0) is 14.0. The highest BCUT2D eigenvalue weighted by atomic mass is 32.2. The lowest BCUT2D eigenvalue weighted by Crippen LogP contribution is -2.04. The summed E-state index contributed by atoms with van der Waals surface area (Å²) in [7, 11) is -3.39. The number of nitrogens with zero attached hydrogens (tertiary/aromatic N) is 2. The Hall–Kier alpha value is -2.22. The lowest BCUT2D eigenvalue weighted by molar-refractivity contribution is -0.384. The van der Waals surface area contributed by atoms with Gasteiger partial charge in [0.25, 0.3) is 5.69 Å². The quantitative estimate of drug-likeness (QED) is 0.679. The summed E-state index contributed by atoms with van der Waals surface area (Å²) in [5.74, 6) is -0.0352. The van der Waals surface area contributed by atoms with Crippen LogP contribution in [0.2, 0.25) is 0 Å². The topological polar surface area (TPSA) is 106 Å². The molecule has 2 aromatic rings. The van der Waals surface area contributed by atoms with Gasteiger partial charge < -0.3 is 0 Å². The Morgan fingerprint density at radius 2 is 1.95 bits per heavy atom. The van der Waals surface area contributed by atoms with Gasteiger partial charge in [0.05, 0.1) is 22.6 Å². The summed E-state index contributed by atoms with van der Waals surface area (Å²) in [5.41, 5.74) is 0.829. The second-order valence-electron chi connectivity index (χ2n) is 3.82. The monoisotopic (exact) mass is 281 g/mol. The third-order valence-electron chi connectivity index (χ3n) is 2.69. The van der Waals surface area contributed by atoms with Crippen LogP contribution in [0.15, 0.2) is 35.4 Å². The second kappa shape index (κ2) is 4.81. The standard InChI is InChI=1S/C11H11N3O4S/c1-2-19(17,18)10-7-12-13-11(10)8-3-5-9(6-4-8)14(15)16/h3-7H,2H2,1H3,(H,12,13). The van der Waals surface area contributed by atoms with Gasteiger partial charge in [-0.05, 0) is 12.1 Å². The largest absolute Gasteiger partial charge is 0.276 e. The number of nitrogens with one attached hydrogen (secondary N) is 1. The minimum Gasteiger partial charge on any atom is -0.276 e. The van der Waals surface area contributed by atoms with E-state index in [0.29, 0.717) is 11.3 Å². The Balaban J connectivity index is 2.49. The molecule has 1 N–H and O–H groups in total. The number of aromatic amines is 1. The van der Waals surface area contributed by atoms with Gasteiger partial charge in [-0.1, -0.05) is 6.92 Å². The number of H-pyrrole nitrogens is 1. The number of nitro benzene ring substituents is 1. The van der Waals surface area contributed by atoms with Gasteiger partial charge in [-0.3, -0.25) is 15.2 Å². The number of sulfone groups is 1. The number of hydrogen-bond acceptors (Lipinski definition) is 5. The second-order valence-corrected chi connectivity index (χ2v) is 6.06. The number of nitro groups is 1. The van der Waals surface area contributed by atoms with Crippen LogP contribution < -0.4 is 0 Å². The Morgan fingerprint density at radius 1 is 1.32 bits per heavy atom. The molecule has 1 aromatic heterocycles. The van der Waals surface area contributed by atoms with Gasteiger partial charge in [0, 0.05) is 17.7 Å². The van der Waals surface area contributed by atoms with Crippen LogP contribution in [0.25, 0.3) is 11.3 Å². The molecule has 7 nitrogen and oxygen atoms in total. The summed E-state index contributed by atoms with van der Waals surface area (Å²) in [5, 5.41) is 16.9. The van der Waals surface area contributed by atoms with Crippen LogP contribution in [0.3, 0.4) is 0 Å². The van der Waals surface area contributed by atoms with E-state index in [1.54, 1.807) is 6.92 Å². The molecular formula is C11H11N3O4S. The molecule has 1 heterocycles. The molecule has 0 fully saturated rings. The van der Waals surface area contributed by atoms with E-state index in [9.17, 15) is 18.5 Å². The van der Waals surface area contributed by atoms with E-state index in [-0.39, 0.29) is 16.3 Å². The van der Waals surface area contributed by atoms with E-state index in [1.807, 2.05) is 0 Å². The number of rotatable bonds is 4. The molecule has 100 valence electrons. The van der Waals surface area contributed by atoms with Crippen molar-refractivity contribution < 1.29 is 13.3 Å². The lowest BCUT2D eigenvalue weighted by atomic mass is 10.1. The summed E-state index contributed by atoms with van der Waals surface area (Å²) in [4.78, 5) is 10.1. The average Bonchev–Trinajstić information content (AvgIpc) is 2.89. The van der Waals surface area contributed by atoms with Crippen LogP contribution in [0.4, 0.5) is 5.69 Å². The molecular weight excluding hydrogens is 270 g/mol. The third kappa shape index (κ3) is 2.48. The molecule has 0 aliphatic carbocycles. The Labute approximate surface area is 109 Å². The van der Waals surface area contributed by atoms with E-state index in [4.69, 9.17) is 0 Å². The van der Waals surface area contributed by atoms with Crippen molar-refractivity contribution in [3.63, 3.8) is 0 Å². The lowest BCUT2D eigenvalue weighted by Gasteiger charge is -2.03. The summed E-state index contributed by atoms with van der Waals surface area (Å²) in [6.07, 6.45) is 1.25. The van der Waals surface area contributed by atoms with Gasteiger partial charge in [0.15, 0.2) is 9.84 Å². The van der Waals surface area contributed by atoms with Crippen molar-refractivity contribution in [2.75, 3.05) is 5.75 Å². The first-order chi connectivity index (χ1) is 8.95. The van der Waals surface area contributed by atoms with Crippen LogP contribution in [-0.2, 0) is 9.84 Å². The van der Waals surface area contributed by atoms with Crippen molar-refractivity contribution in [2.45, 2.75) is 11.8 Å². The molecule has 8 heteroatoms. The minimum atomic E-state index is -3.39. The summed E-state index contributed by atoms with van der Waals surface area (Å²) in [6.45, 7) is 1.54. The van der Waals surface area contributed by atoms with Crippen molar-refractivity contribution >= 4 is 15.5 Å². The molecule has 0 radical (unpaired) electrons. The zero-order valence-electron chi connectivity index (χ0n) is 10.0. The zero-order valence-corrected chi connectivity index (χ0v) is 10.8. The van der Waals surface area contributed by atoms with Gasteiger partial charge in [-0.2, -0.15) is 5.10 Å². The van der Waals surface area contributed by atoms with E-state index in [1.165, 1.54) is 30.5 Å². The van der Waals surface area contributed by atoms with E-state index in [0.717, 1.165) is 0 Å². The first-order valence-electron chi connectivity index (χ1n) is 5.46. The molecule has 0 spiro atoms. The average molecular weight is 281 g/mol. The highest BCUT2D eigenvalue weighted by Crippen LogP contribution is 2.27. The minimum absolute atomic E-state index is 0.0352. The molecule has 19 heavy (non-hydrogen) atoms. The molecule has 0 saturated heterocycles. The van der Waals surface area contributed by atoms with Gasteiger partial charge in [0.1, 0.15) is 4.90 Å². The van der Waals surface area contributed by atoms with Gasteiger partial charge in [-0.25, -0.2) is 8.42 Å². The normalized spacial score (nSPS) is 11.4. The Kier molecular flexibility index (Phi) is 3.34. The molecule has 0 aliphatic rings. The fourth-order valence-electron chi connectivity index (χ4n) is 1.62. The SMILES string of the molecule is CCS(=O)(=O)c1cn[nH]c1-c1ccc([N+](=O)[O-])cc1. The van der Waals surface area contributed by atoms with Crippen molar-refractivity contribution in [2.24, 2.45) is 0 Å². The number of hydrogen-bond donors (Lipinski definition) is 1. The highest BCUT2D eigenvalue weighted by molar-refractivity contribution is 7.91. The molecule has 0 atom stereocenters. The molecule has 2 rings (SSSR count). The highest BCUT2D eigenvalue weighted by Gasteiger charge is 2.20. The van der Waals surface area contributed by atoms with Crippen LogP contribution in [0.5, 0.6) is 0 Å². The van der Waals surface area contributed by atoms with Crippen LogP contribution in [0, 0.1) is 10.1 Å². The van der Waals surface area contributed by atoms with E-state index in [2.05, 4.69) is 10.2 Å². The summed E-state index contributed by atoms with van der Waals surface area (Å²) in [6, 6.07) is 5.61. The first-order valence-corrected chi connectivity index (χ1v) is 7.12. The first kappa shape index (κ1) is 13.2. The van der Waals surface area contributed by atoms with Gasteiger partial charge in [0.2, 0.25) is 0 Å². The molecule has 0 bridgehead atoms. The number of aromatic nitrogens is 2. The van der Waals surface area contributed by atoms with E-state index >= 15 is 0 Å². The van der Waals surface area contributed by atoms with Crippen LogP contribution >= 0.6 is 0 Å². The Bertz CT molecular complexity index is 704. The molecule has 0 aliphatic heterocycles. The van der Waals surface area contributed by atoms with E-state index < -0.39 is 14.8 Å². The number of non-ortho nitro benzene ring substituents is 1. The Morgan fingerprint density at radius 3 is 2.47 bits per heavy atom. The maximum atomic E-state index is 11.9. The fourth-order valence-corrected chi connectivity index (χ4v) is 2.62. The van der Waals surface area contributed by atoms with Crippen LogP contribution in [0.1, 0.15) is 6.92 Å². The van der Waals surface area contributed by atoms with Gasteiger partial charge >= 0.3 is 0 Å². The van der Waals surface area contributed by atoms with Crippen molar-refractivity contribution in [3.05, 3.63) is 40.6 Å². The summed E-state index contributed by atoms with van der Waals surface area (Å²) >= 11 is 0. The van der Waals surface area contributed by atoms with Gasteiger partial charge in [-0.15, -0.1) is 0 Å². The number of benzene rings is 1. The molecule has 0 amide bonds. The van der Waals surface area contributed by atoms with Crippen molar-refractivity contribution in [1.29, 1.82) is 0 Å².